The summed E-state index contributed by atoms with van der Waals surface area (Å²) in [7, 11) is 3.12. The van der Waals surface area contributed by atoms with Crippen LogP contribution >= 0.6 is 0 Å². The molecule has 1 aliphatic carbocycles. The van der Waals surface area contributed by atoms with E-state index in [0.29, 0.717) is 17.1 Å². The third kappa shape index (κ3) is 5.64. The maximum absolute atomic E-state index is 12.6. The van der Waals surface area contributed by atoms with Crippen LogP contribution in [0.15, 0.2) is 18.2 Å². The molecule has 0 N–H and O–H groups in total. The number of benzene rings is 1. The minimum Gasteiger partial charge on any atom is -0.493 e. The van der Waals surface area contributed by atoms with Crippen molar-refractivity contribution in [2.24, 2.45) is 0 Å². The van der Waals surface area contributed by atoms with Crippen molar-refractivity contribution in [1.29, 1.82) is 0 Å². The fourth-order valence-corrected chi connectivity index (χ4v) is 2.94. The Bertz CT molecular complexity index is 644. The van der Waals surface area contributed by atoms with Gasteiger partial charge in [0.15, 0.2) is 11.5 Å². The zero-order chi connectivity index (χ0) is 19.3. The van der Waals surface area contributed by atoms with E-state index in [9.17, 15) is 9.59 Å². The van der Waals surface area contributed by atoms with Crippen molar-refractivity contribution in [1.82, 2.24) is 4.90 Å². The standard InChI is InChI=1S/C20H29NO5/c1-20(2,3)26-18(22)13-21(4)19(23)14-10-11-16(17(12-14)24-5)25-15-8-6-7-9-15/h10-12,15H,6-9,13H2,1-5H3. The lowest BCUT2D eigenvalue weighted by atomic mass is 10.1. The molecule has 1 aromatic carbocycles. The van der Waals surface area contributed by atoms with Crippen LogP contribution in [0, 0.1) is 0 Å². The van der Waals surface area contributed by atoms with Crippen LogP contribution < -0.4 is 9.47 Å². The Morgan fingerprint density at radius 2 is 1.81 bits per heavy atom. The van der Waals surface area contributed by atoms with Crippen molar-refractivity contribution in [3.05, 3.63) is 23.8 Å². The van der Waals surface area contributed by atoms with Crippen LogP contribution in [0.1, 0.15) is 56.8 Å². The molecule has 2 rings (SSSR count). The lowest BCUT2D eigenvalue weighted by Crippen LogP contribution is -2.36. The summed E-state index contributed by atoms with van der Waals surface area (Å²) in [5, 5.41) is 0. The summed E-state index contributed by atoms with van der Waals surface area (Å²) >= 11 is 0. The van der Waals surface area contributed by atoms with Crippen LogP contribution in [-0.4, -0.2) is 49.2 Å². The molecule has 1 aromatic rings. The van der Waals surface area contributed by atoms with Gasteiger partial charge in [0.2, 0.25) is 0 Å². The summed E-state index contributed by atoms with van der Waals surface area (Å²) in [6.07, 6.45) is 4.66. The van der Waals surface area contributed by atoms with Gasteiger partial charge in [-0.2, -0.15) is 0 Å². The molecule has 0 unspecified atom stereocenters. The average molecular weight is 363 g/mol. The van der Waals surface area contributed by atoms with E-state index in [4.69, 9.17) is 14.2 Å². The van der Waals surface area contributed by atoms with Gasteiger partial charge >= 0.3 is 5.97 Å². The summed E-state index contributed by atoms with van der Waals surface area (Å²) < 4.78 is 16.6. The molecular weight excluding hydrogens is 334 g/mol. The van der Waals surface area contributed by atoms with Gasteiger partial charge < -0.3 is 19.1 Å². The molecule has 0 heterocycles. The van der Waals surface area contributed by atoms with E-state index in [0.717, 1.165) is 12.8 Å². The van der Waals surface area contributed by atoms with E-state index < -0.39 is 11.6 Å². The van der Waals surface area contributed by atoms with Crippen molar-refractivity contribution < 1.29 is 23.8 Å². The molecule has 6 heteroatoms. The Kier molecular flexibility index (Phi) is 6.51. The van der Waals surface area contributed by atoms with Crippen LogP contribution in [0.5, 0.6) is 11.5 Å². The molecule has 0 aromatic heterocycles. The largest absolute Gasteiger partial charge is 0.493 e. The minimum atomic E-state index is -0.580. The maximum Gasteiger partial charge on any atom is 0.326 e. The first-order valence-electron chi connectivity index (χ1n) is 9.01. The zero-order valence-corrected chi connectivity index (χ0v) is 16.3. The molecule has 1 fully saturated rings. The number of hydrogen-bond donors (Lipinski definition) is 0. The number of methoxy groups -OCH3 is 1. The number of likely N-dealkylation sites (N-methyl/N-ethyl adjacent to an activating group) is 1. The van der Waals surface area contributed by atoms with E-state index in [1.807, 2.05) is 0 Å². The first-order chi connectivity index (χ1) is 12.2. The minimum absolute atomic E-state index is 0.112. The van der Waals surface area contributed by atoms with Gasteiger partial charge in [-0.25, -0.2) is 0 Å². The molecular formula is C20H29NO5. The van der Waals surface area contributed by atoms with Crippen molar-refractivity contribution in [3.63, 3.8) is 0 Å². The quantitative estimate of drug-likeness (QED) is 0.725. The lowest BCUT2D eigenvalue weighted by molar-refractivity contribution is -0.155. The summed E-state index contributed by atoms with van der Waals surface area (Å²) in [5.41, 5.74) is -0.143. The molecule has 6 nitrogen and oxygen atoms in total. The van der Waals surface area contributed by atoms with Crippen LogP contribution in [-0.2, 0) is 9.53 Å². The number of hydrogen-bond acceptors (Lipinski definition) is 5. The Balaban J connectivity index is 2.04. The number of esters is 1. The number of carbonyl (C=O) groups is 2. The van der Waals surface area contributed by atoms with Gasteiger partial charge in [0, 0.05) is 12.6 Å². The van der Waals surface area contributed by atoms with Crippen molar-refractivity contribution in [2.45, 2.75) is 58.2 Å². The number of amides is 1. The number of carbonyl (C=O) groups excluding carboxylic acids is 2. The molecule has 0 spiro atoms. The first-order valence-corrected chi connectivity index (χ1v) is 9.01. The second kappa shape index (κ2) is 8.43. The monoisotopic (exact) mass is 363 g/mol. The Morgan fingerprint density at radius 1 is 1.15 bits per heavy atom. The molecule has 0 bridgehead atoms. The van der Waals surface area contributed by atoms with Crippen molar-refractivity contribution in [3.8, 4) is 11.5 Å². The Labute approximate surface area is 155 Å². The summed E-state index contributed by atoms with van der Waals surface area (Å²) in [4.78, 5) is 25.8. The van der Waals surface area contributed by atoms with Gasteiger partial charge in [0.25, 0.3) is 5.91 Å². The number of rotatable bonds is 6. The highest BCUT2D eigenvalue weighted by Gasteiger charge is 2.22. The van der Waals surface area contributed by atoms with E-state index in [-0.39, 0.29) is 18.6 Å². The first kappa shape index (κ1) is 20.1. The molecule has 0 saturated heterocycles. The molecule has 144 valence electrons. The third-order valence-electron chi connectivity index (χ3n) is 4.14. The van der Waals surface area contributed by atoms with Crippen molar-refractivity contribution >= 4 is 11.9 Å². The van der Waals surface area contributed by atoms with Crippen LogP contribution in [0.3, 0.4) is 0 Å². The van der Waals surface area contributed by atoms with Crippen LogP contribution in [0.25, 0.3) is 0 Å². The third-order valence-corrected chi connectivity index (χ3v) is 4.14. The van der Waals surface area contributed by atoms with Gasteiger partial charge in [-0.1, -0.05) is 0 Å². The second-order valence-corrected chi connectivity index (χ2v) is 7.64. The Morgan fingerprint density at radius 3 is 2.38 bits per heavy atom. The van der Waals surface area contributed by atoms with Gasteiger partial charge in [-0.05, 0) is 64.7 Å². The van der Waals surface area contributed by atoms with E-state index in [2.05, 4.69) is 0 Å². The molecule has 1 aliphatic rings. The van der Waals surface area contributed by atoms with Gasteiger partial charge in [0.05, 0.1) is 13.2 Å². The highest BCUT2D eigenvalue weighted by Crippen LogP contribution is 2.32. The summed E-state index contributed by atoms with van der Waals surface area (Å²) in [5.74, 6) is 0.447. The maximum atomic E-state index is 12.6. The van der Waals surface area contributed by atoms with Gasteiger partial charge in [-0.15, -0.1) is 0 Å². The highest BCUT2D eigenvalue weighted by atomic mass is 16.6. The van der Waals surface area contributed by atoms with Gasteiger partial charge in [0.1, 0.15) is 12.1 Å². The predicted molar refractivity (Wildman–Crippen MR) is 98.7 cm³/mol. The molecule has 0 radical (unpaired) electrons. The zero-order valence-electron chi connectivity index (χ0n) is 16.3. The second-order valence-electron chi connectivity index (χ2n) is 7.64. The predicted octanol–water partition coefficient (Wildman–Crippen LogP) is 3.43. The van der Waals surface area contributed by atoms with E-state index >= 15 is 0 Å². The molecule has 1 saturated carbocycles. The number of ether oxygens (including phenoxy) is 3. The topological polar surface area (TPSA) is 65.1 Å². The van der Waals surface area contributed by atoms with Crippen molar-refractivity contribution in [2.75, 3.05) is 20.7 Å². The average Bonchev–Trinajstić information content (AvgIpc) is 3.05. The summed E-state index contributed by atoms with van der Waals surface area (Å²) in [6.45, 7) is 5.26. The van der Waals surface area contributed by atoms with Gasteiger partial charge in [-0.3, -0.25) is 9.59 Å². The van der Waals surface area contributed by atoms with E-state index in [1.165, 1.54) is 17.7 Å². The fourth-order valence-electron chi connectivity index (χ4n) is 2.94. The van der Waals surface area contributed by atoms with Crippen LogP contribution in [0.2, 0.25) is 0 Å². The molecule has 0 atom stereocenters. The highest BCUT2D eigenvalue weighted by molar-refractivity contribution is 5.96. The van der Waals surface area contributed by atoms with E-state index in [1.54, 1.807) is 53.1 Å². The smallest absolute Gasteiger partial charge is 0.326 e. The normalized spacial score (nSPS) is 14.8. The Hall–Kier alpha value is -2.24. The molecule has 1 amide bonds. The van der Waals surface area contributed by atoms with Crippen LogP contribution in [0.4, 0.5) is 0 Å². The fraction of sp³-hybridized carbons (Fsp3) is 0.600. The number of nitrogens with zero attached hydrogens (tertiary/aromatic N) is 1. The molecule has 26 heavy (non-hydrogen) atoms. The lowest BCUT2D eigenvalue weighted by Gasteiger charge is -2.23. The molecule has 0 aliphatic heterocycles. The SMILES string of the molecule is COc1cc(C(=O)N(C)CC(=O)OC(C)(C)C)ccc1OC1CCCC1. The summed E-state index contributed by atoms with van der Waals surface area (Å²) in [6, 6.07) is 5.10.